The van der Waals surface area contributed by atoms with Gasteiger partial charge < -0.3 is 5.32 Å². The molecular formula is C21H17NO4S. The third-order valence-corrected chi connectivity index (χ3v) is 5.13. The largest absolute Gasteiger partial charge is 0.321 e. The predicted molar refractivity (Wildman–Crippen MR) is 104 cm³/mol. The van der Waals surface area contributed by atoms with E-state index in [-0.39, 0.29) is 10.7 Å². The van der Waals surface area contributed by atoms with Crippen LogP contribution in [0.25, 0.3) is 0 Å². The van der Waals surface area contributed by atoms with Crippen LogP contribution >= 0.6 is 0 Å². The lowest BCUT2D eigenvalue weighted by atomic mass is 10.0. The van der Waals surface area contributed by atoms with E-state index in [0.717, 1.165) is 6.26 Å². The molecule has 0 atom stereocenters. The van der Waals surface area contributed by atoms with Gasteiger partial charge in [0.25, 0.3) is 5.91 Å². The second kappa shape index (κ2) is 7.55. The number of hydrogen-bond acceptors (Lipinski definition) is 4. The van der Waals surface area contributed by atoms with E-state index in [9.17, 15) is 18.0 Å². The van der Waals surface area contributed by atoms with Crippen LogP contribution in [-0.2, 0) is 9.84 Å². The van der Waals surface area contributed by atoms with E-state index < -0.39 is 15.7 Å². The first-order chi connectivity index (χ1) is 12.9. The fourth-order valence-electron chi connectivity index (χ4n) is 2.58. The number of carbonyl (C=O) groups is 2. The zero-order chi connectivity index (χ0) is 19.4. The van der Waals surface area contributed by atoms with E-state index >= 15 is 0 Å². The lowest BCUT2D eigenvalue weighted by Crippen LogP contribution is -2.15. The Morgan fingerprint density at radius 3 is 1.96 bits per heavy atom. The van der Waals surface area contributed by atoms with Gasteiger partial charge in [0.2, 0.25) is 0 Å². The minimum absolute atomic E-state index is 0.138. The third kappa shape index (κ3) is 4.30. The number of sulfone groups is 1. The summed E-state index contributed by atoms with van der Waals surface area (Å²) in [6.07, 6.45) is 1.10. The molecule has 136 valence electrons. The summed E-state index contributed by atoms with van der Waals surface area (Å²) in [7, 11) is -3.33. The standard InChI is InChI=1S/C21H17NO4S/c1-27(25,26)17-13-11-16(12-14-17)21(24)22-19-10-6-5-9-18(19)20(23)15-7-3-2-4-8-15/h2-14H,1H3,(H,22,24). The zero-order valence-corrected chi connectivity index (χ0v) is 15.4. The van der Waals surface area contributed by atoms with Gasteiger partial charge in [0.1, 0.15) is 0 Å². The molecule has 6 heteroatoms. The Kier molecular flexibility index (Phi) is 5.19. The van der Waals surface area contributed by atoms with E-state index in [2.05, 4.69) is 5.32 Å². The second-order valence-electron chi connectivity index (χ2n) is 5.99. The molecule has 0 saturated carbocycles. The zero-order valence-electron chi connectivity index (χ0n) is 14.5. The normalized spacial score (nSPS) is 11.0. The van der Waals surface area contributed by atoms with Crippen molar-refractivity contribution in [2.24, 2.45) is 0 Å². The van der Waals surface area contributed by atoms with E-state index in [1.807, 2.05) is 6.07 Å². The van der Waals surface area contributed by atoms with Gasteiger partial charge in [0.05, 0.1) is 10.6 Å². The van der Waals surface area contributed by atoms with Crippen LogP contribution in [0.1, 0.15) is 26.3 Å². The number of amides is 1. The quantitative estimate of drug-likeness (QED) is 0.687. The highest BCUT2D eigenvalue weighted by Gasteiger charge is 2.16. The second-order valence-corrected chi connectivity index (χ2v) is 8.01. The van der Waals surface area contributed by atoms with Crippen LogP contribution in [0.15, 0.2) is 83.8 Å². The van der Waals surface area contributed by atoms with Crippen LogP contribution in [0.5, 0.6) is 0 Å². The number of nitrogens with one attached hydrogen (secondary N) is 1. The molecule has 0 fully saturated rings. The Bertz CT molecular complexity index is 1090. The highest BCUT2D eigenvalue weighted by Crippen LogP contribution is 2.20. The topological polar surface area (TPSA) is 80.3 Å². The molecule has 27 heavy (non-hydrogen) atoms. The van der Waals surface area contributed by atoms with Crippen molar-refractivity contribution in [1.29, 1.82) is 0 Å². The molecule has 1 N–H and O–H groups in total. The fraction of sp³-hybridized carbons (Fsp3) is 0.0476. The smallest absolute Gasteiger partial charge is 0.255 e. The highest BCUT2D eigenvalue weighted by molar-refractivity contribution is 7.90. The minimum atomic E-state index is -3.33. The van der Waals surface area contributed by atoms with Gasteiger partial charge in [0, 0.05) is 22.9 Å². The number of benzene rings is 3. The SMILES string of the molecule is CS(=O)(=O)c1ccc(C(=O)Nc2ccccc2C(=O)c2ccccc2)cc1. The molecule has 0 radical (unpaired) electrons. The van der Waals surface area contributed by atoms with Crippen molar-refractivity contribution in [2.75, 3.05) is 11.6 Å². The molecule has 5 nitrogen and oxygen atoms in total. The summed E-state index contributed by atoms with van der Waals surface area (Å²) in [6.45, 7) is 0. The highest BCUT2D eigenvalue weighted by atomic mass is 32.2. The van der Waals surface area contributed by atoms with Crippen molar-refractivity contribution < 1.29 is 18.0 Å². The fourth-order valence-corrected chi connectivity index (χ4v) is 3.21. The number of anilines is 1. The number of para-hydroxylation sites is 1. The van der Waals surface area contributed by atoms with E-state index in [1.54, 1.807) is 48.5 Å². The molecule has 1 amide bonds. The maximum atomic E-state index is 12.7. The predicted octanol–water partition coefficient (Wildman–Crippen LogP) is 3.57. The summed E-state index contributed by atoms with van der Waals surface area (Å²) in [5.74, 6) is -0.623. The summed E-state index contributed by atoms with van der Waals surface area (Å²) < 4.78 is 23.0. The molecule has 3 rings (SSSR count). The molecule has 0 heterocycles. The van der Waals surface area contributed by atoms with Gasteiger partial charge in [-0.15, -0.1) is 0 Å². The summed E-state index contributed by atoms with van der Waals surface area (Å²) in [4.78, 5) is 25.4. The monoisotopic (exact) mass is 379 g/mol. The van der Waals surface area contributed by atoms with Gasteiger partial charge in [-0.05, 0) is 36.4 Å². The molecule has 0 saturated heterocycles. The molecule has 0 spiro atoms. The van der Waals surface area contributed by atoms with E-state index in [0.29, 0.717) is 22.4 Å². The summed E-state index contributed by atoms with van der Waals surface area (Å²) in [5, 5.41) is 2.73. The van der Waals surface area contributed by atoms with E-state index in [4.69, 9.17) is 0 Å². The van der Waals surface area contributed by atoms with Crippen molar-refractivity contribution in [1.82, 2.24) is 0 Å². The van der Waals surface area contributed by atoms with Crippen molar-refractivity contribution in [2.45, 2.75) is 4.90 Å². The Labute approximate surface area is 157 Å². The van der Waals surface area contributed by atoms with Crippen LogP contribution in [0, 0.1) is 0 Å². The molecule has 3 aromatic carbocycles. The van der Waals surface area contributed by atoms with Crippen molar-refractivity contribution in [3.8, 4) is 0 Å². The summed E-state index contributed by atoms with van der Waals surface area (Å²) in [5.41, 5.74) is 1.59. The first kappa shape index (κ1) is 18.5. The number of ketones is 1. The molecule has 0 bridgehead atoms. The maximum Gasteiger partial charge on any atom is 0.255 e. The Balaban J connectivity index is 1.86. The van der Waals surface area contributed by atoms with Gasteiger partial charge in [-0.1, -0.05) is 42.5 Å². The van der Waals surface area contributed by atoms with Crippen molar-refractivity contribution in [3.05, 3.63) is 95.6 Å². The van der Waals surface area contributed by atoms with Crippen LogP contribution in [0.2, 0.25) is 0 Å². The minimum Gasteiger partial charge on any atom is -0.321 e. The molecule has 0 aliphatic heterocycles. The van der Waals surface area contributed by atoms with Gasteiger partial charge in [-0.2, -0.15) is 0 Å². The first-order valence-electron chi connectivity index (χ1n) is 8.16. The van der Waals surface area contributed by atoms with Gasteiger partial charge >= 0.3 is 0 Å². The molecule has 0 aliphatic rings. The Morgan fingerprint density at radius 1 is 0.741 bits per heavy atom. The Morgan fingerprint density at radius 2 is 1.33 bits per heavy atom. The first-order valence-corrected chi connectivity index (χ1v) is 10.1. The maximum absolute atomic E-state index is 12.7. The molecule has 0 unspecified atom stereocenters. The summed E-state index contributed by atoms with van der Waals surface area (Å²) >= 11 is 0. The van der Waals surface area contributed by atoms with Crippen LogP contribution in [0.4, 0.5) is 5.69 Å². The van der Waals surface area contributed by atoms with Gasteiger partial charge in [-0.25, -0.2) is 8.42 Å². The molecule has 3 aromatic rings. The van der Waals surface area contributed by atoms with E-state index in [1.165, 1.54) is 24.3 Å². The Hall–Kier alpha value is -3.25. The summed E-state index contributed by atoms with van der Waals surface area (Å²) in [6, 6.07) is 21.2. The number of rotatable bonds is 5. The van der Waals surface area contributed by atoms with Gasteiger partial charge in [-0.3, -0.25) is 9.59 Å². The van der Waals surface area contributed by atoms with Crippen molar-refractivity contribution in [3.63, 3.8) is 0 Å². The molecular weight excluding hydrogens is 362 g/mol. The average Bonchev–Trinajstić information content (AvgIpc) is 2.68. The van der Waals surface area contributed by atoms with Crippen molar-refractivity contribution >= 4 is 27.2 Å². The lowest BCUT2D eigenvalue weighted by Gasteiger charge is -2.11. The lowest BCUT2D eigenvalue weighted by molar-refractivity contribution is 0.102. The average molecular weight is 379 g/mol. The number of carbonyl (C=O) groups excluding carboxylic acids is 2. The number of hydrogen-bond donors (Lipinski definition) is 1. The molecule has 0 aromatic heterocycles. The van der Waals surface area contributed by atoms with Crippen LogP contribution < -0.4 is 5.32 Å². The van der Waals surface area contributed by atoms with Crippen LogP contribution in [-0.4, -0.2) is 26.4 Å². The van der Waals surface area contributed by atoms with Crippen LogP contribution in [0.3, 0.4) is 0 Å². The third-order valence-electron chi connectivity index (χ3n) is 4.00. The van der Waals surface area contributed by atoms with Gasteiger partial charge in [0.15, 0.2) is 15.6 Å². The molecule has 0 aliphatic carbocycles.